The lowest BCUT2D eigenvalue weighted by Crippen LogP contribution is -2.10. The van der Waals surface area contributed by atoms with Crippen LogP contribution in [-0.4, -0.2) is 10.9 Å². The van der Waals surface area contributed by atoms with Crippen molar-refractivity contribution in [1.29, 1.82) is 0 Å². The maximum atomic E-state index is 12.1. The molecule has 0 spiro atoms. The number of carbonyl (C=O) groups excluding carboxylic acids is 1. The molecule has 3 rings (SSSR count). The third-order valence-electron chi connectivity index (χ3n) is 2.67. The highest BCUT2D eigenvalue weighted by atomic mass is 79.9. The first-order valence-corrected chi connectivity index (χ1v) is 9.23. The summed E-state index contributed by atoms with van der Waals surface area (Å²) in [6.07, 6.45) is 0. The van der Waals surface area contributed by atoms with E-state index in [4.69, 9.17) is 0 Å². The molecule has 0 atom stereocenters. The number of anilines is 1. The normalized spacial score (nSPS) is 10.6. The van der Waals surface area contributed by atoms with Crippen molar-refractivity contribution < 1.29 is 4.79 Å². The minimum Gasteiger partial charge on any atom is -0.298 e. The van der Waals surface area contributed by atoms with Gasteiger partial charge in [0.25, 0.3) is 5.91 Å². The fraction of sp³-hybridized carbons (Fsp3) is 0. The number of thiophene rings is 1. The Morgan fingerprint density at radius 1 is 1.14 bits per heavy atom. The molecule has 7 heteroatoms. The van der Waals surface area contributed by atoms with Crippen molar-refractivity contribution in [2.45, 2.75) is 0 Å². The van der Waals surface area contributed by atoms with Gasteiger partial charge in [-0.1, -0.05) is 28.1 Å². The monoisotopic (exact) mass is 442 g/mol. The Morgan fingerprint density at radius 3 is 2.71 bits per heavy atom. The molecule has 0 aliphatic carbocycles. The molecule has 1 amide bonds. The first-order chi connectivity index (χ1) is 10.1. The van der Waals surface area contributed by atoms with Crippen LogP contribution in [0.15, 0.2) is 49.4 Å². The highest BCUT2D eigenvalue weighted by Crippen LogP contribution is 2.27. The Hall–Kier alpha value is -1.02. The predicted molar refractivity (Wildman–Crippen MR) is 95.2 cm³/mol. The molecule has 0 saturated carbocycles. The smallest absolute Gasteiger partial charge is 0.258 e. The van der Waals surface area contributed by atoms with Gasteiger partial charge in [-0.05, 0) is 34.1 Å². The first-order valence-electron chi connectivity index (χ1n) is 5.89. The summed E-state index contributed by atoms with van der Waals surface area (Å²) >= 11 is 9.68. The van der Waals surface area contributed by atoms with Gasteiger partial charge in [-0.25, -0.2) is 4.98 Å². The minimum atomic E-state index is -0.146. The lowest BCUT2D eigenvalue weighted by atomic mass is 10.2. The molecule has 21 heavy (non-hydrogen) atoms. The van der Waals surface area contributed by atoms with E-state index >= 15 is 0 Å². The summed E-state index contributed by atoms with van der Waals surface area (Å²) in [5, 5.41) is 7.15. The van der Waals surface area contributed by atoms with Gasteiger partial charge in [-0.2, -0.15) is 0 Å². The molecule has 0 aliphatic heterocycles. The Morgan fingerprint density at radius 2 is 2.00 bits per heavy atom. The van der Waals surface area contributed by atoms with Gasteiger partial charge in [-0.3, -0.25) is 10.1 Å². The van der Waals surface area contributed by atoms with E-state index in [2.05, 4.69) is 42.2 Å². The Labute approximate surface area is 146 Å². The number of thiazole rings is 1. The third-order valence-corrected chi connectivity index (χ3v) is 5.43. The minimum absolute atomic E-state index is 0.146. The van der Waals surface area contributed by atoms with Crippen LogP contribution in [0.1, 0.15) is 10.4 Å². The molecule has 2 heterocycles. The number of nitrogens with zero attached hydrogens (tertiary/aromatic N) is 1. The summed E-state index contributed by atoms with van der Waals surface area (Å²) in [5.74, 6) is -0.146. The molecular formula is C14H8Br2N2OS2. The van der Waals surface area contributed by atoms with Crippen LogP contribution in [0.4, 0.5) is 5.13 Å². The van der Waals surface area contributed by atoms with Gasteiger partial charge in [0.2, 0.25) is 0 Å². The van der Waals surface area contributed by atoms with Gasteiger partial charge in [0.05, 0.1) is 15.0 Å². The van der Waals surface area contributed by atoms with Gasteiger partial charge >= 0.3 is 0 Å². The molecule has 0 fully saturated rings. The quantitative estimate of drug-likeness (QED) is 0.568. The highest BCUT2D eigenvalue weighted by molar-refractivity contribution is 9.11. The van der Waals surface area contributed by atoms with Gasteiger partial charge in [0.1, 0.15) is 0 Å². The van der Waals surface area contributed by atoms with Crippen molar-refractivity contribution in [3.8, 4) is 11.3 Å². The lowest BCUT2D eigenvalue weighted by molar-refractivity contribution is 0.102. The predicted octanol–water partition coefficient (Wildman–Crippen LogP) is 5.65. The molecule has 0 aliphatic rings. The summed E-state index contributed by atoms with van der Waals surface area (Å²) in [7, 11) is 0. The number of rotatable bonds is 3. The van der Waals surface area contributed by atoms with Crippen LogP contribution in [0.2, 0.25) is 0 Å². The molecule has 106 valence electrons. The maximum absolute atomic E-state index is 12.1. The van der Waals surface area contributed by atoms with Crippen LogP contribution in [-0.2, 0) is 0 Å². The Bertz CT molecular complexity index is 798. The zero-order valence-corrected chi connectivity index (χ0v) is 15.3. The van der Waals surface area contributed by atoms with Crippen LogP contribution in [0.25, 0.3) is 11.3 Å². The second-order valence-electron chi connectivity index (χ2n) is 4.14. The zero-order chi connectivity index (χ0) is 14.8. The Balaban J connectivity index is 1.78. The first kappa shape index (κ1) is 14.9. The number of nitrogens with one attached hydrogen (secondary N) is 1. The average Bonchev–Trinajstić information content (AvgIpc) is 3.08. The molecular weight excluding hydrogens is 436 g/mol. The van der Waals surface area contributed by atoms with Crippen molar-refractivity contribution >= 4 is 65.6 Å². The number of carbonyl (C=O) groups is 1. The number of halogens is 2. The van der Waals surface area contributed by atoms with E-state index in [0.29, 0.717) is 10.7 Å². The third kappa shape index (κ3) is 3.60. The van der Waals surface area contributed by atoms with Crippen LogP contribution in [0.3, 0.4) is 0 Å². The number of benzene rings is 1. The van der Waals surface area contributed by atoms with E-state index in [1.807, 2.05) is 35.0 Å². The van der Waals surface area contributed by atoms with Crippen LogP contribution in [0.5, 0.6) is 0 Å². The molecule has 0 saturated heterocycles. The lowest BCUT2D eigenvalue weighted by Gasteiger charge is -1.99. The maximum Gasteiger partial charge on any atom is 0.258 e. The molecule has 0 bridgehead atoms. The summed E-state index contributed by atoms with van der Waals surface area (Å²) < 4.78 is 1.93. The van der Waals surface area contributed by atoms with E-state index in [-0.39, 0.29) is 5.91 Å². The summed E-state index contributed by atoms with van der Waals surface area (Å²) in [5.41, 5.74) is 2.49. The van der Waals surface area contributed by atoms with E-state index in [0.717, 1.165) is 19.5 Å². The molecule has 1 N–H and O–H groups in total. The van der Waals surface area contributed by atoms with Crippen molar-refractivity contribution in [2.24, 2.45) is 0 Å². The zero-order valence-electron chi connectivity index (χ0n) is 10.5. The Kier molecular flexibility index (Phi) is 4.54. The molecule has 2 aromatic heterocycles. The number of hydrogen-bond donors (Lipinski definition) is 1. The molecule has 0 radical (unpaired) electrons. The number of aromatic nitrogens is 1. The van der Waals surface area contributed by atoms with Gasteiger partial charge in [0, 0.05) is 20.8 Å². The van der Waals surface area contributed by atoms with Crippen molar-refractivity contribution in [2.75, 3.05) is 5.32 Å². The van der Waals surface area contributed by atoms with Gasteiger partial charge in [0.15, 0.2) is 5.13 Å². The van der Waals surface area contributed by atoms with Crippen LogP contribution >= 0.6 is 54.5 Å². The van der Waals surface area contributed by atoms with Crippen molar-refractivity contribution in [3.63, 3.8) is 0 Å². The van der Waals surface area contributed by atoms with E-state index < -0.39 is 0 Å². The SMILES string of the molecule is O=C(Nc1nc(-c2cccc(Br)c2)cs1)c1csc(Br)c1. The average molecular weight is 444 g/mol. The van der Waals surface area contributed by atoms with Crippen LogP contribution < -0.4 is 5.32 Å². The van der Waals surface area contributed by atoms with Gasteiger partial charge < -0.3 is 0 Å². The molecule has 1 aromatic carbocycles. The van der Waals surface area contributed by atoms with E-state index in [1.165, 1.54) is 22.7 Å². The molecule has 3 aromatic rings. The topological polar surface area (TPSA) is 42.0 Å². The fourth-order valence-electron chi connectivity index (χ4n) is 1.71. The number of amides is 1. The second kappa shape index (κ2) is 6.39. The molecule has 3 nitrogen and oxygen atoms in total. The summed E-state index contributed by atoms with van der Waals surface area (Å²) in [6, 6.07) is 9.70. The standard InChI is InChI=1S/C14H8Br2N2OS2/c15-10-3-1-2-8(4-10)11-7-21-14(17-11)18-13(19)9-5-12(16)20-6-9/h1-7H,(H,17,18,19). The second-order valence-corrected chi connectivity index (χ2v) is 8.21. The number of hydrogen-bond acceptors (Lipinski definition) is 4. The summed E-state index contributed by atoms with van der Waals surface area (Å²) in [4.78, 5) is 16.5. The fourth-order valence-corrected chi connectivity index (χ4v) is 3.96. The van der Waals surface area contributed by atoms with E-state index in [1.54, 1.807) is 6.07 Å². The van der Waals surface area contributed by atoms with Crippen molar-refractivity contribution in [3.05, 3.63) is 54.9 Å². The van der Waals surface area contributed by atoms with Gasteiger partial charge in [-0.15, -0.1) is 22.7 Å². The van der Waals surface area contributed by atoms with E-state index in [9.17, 15) is 4.79 Å². The highest BCUT2D eigenvalue weighted by Gasteiger charge is 2.11. The van der Waals surface area contributed by atoms with Crippen molar-refractivity contribution in [1.82, 2.24) is 4.98 Å². The summed E-state index contributed by atoms with van der Waals surface area (Å²) in [6.45, 7) is 0. The van der Waals surface area contributed by atoms with Crippen LogP contribution in [0, 0.1) is 0 Å². The largest absolute Gasteiger partial charge is 0.298 e. The molecule has 0 unspecified atom stereocenters.